The molecule has 0 heterocycles. The molecule has 0 spiro atoms. The van der Waals surface area contributed by atoms with Crippen LogP contribution in [-0.2, 0) is 0 Å². The van der Waals surface area contributed by atoms with Crippen molar-refractivity contribution < 1.29 is 4.92 Å². The molecule has 0 saturated carbocycles. The van der Waals surface area contributed by atoms with Crippen molar-refractivity contribution in [1.82, 2.24) is 10.7 Å². The first kappa shape index (κ1) is 19.6. The fourth-order valence-electron chi connectivity index (χ4n) is 1.95. The van der Waals surface area contributed by atoms with E-state index in [4.69, 9.17) is 12.2 Å². The first-order valence-corrected chi connectivity index (χ1v) is 8.93. The van der Waals surface area contributed by atoms with Gasteiger partial charge in [0.15, 0.2) is 5.11 Å². The number of benzene rings is 2. The van der Waals surface area contributed by atoms with Crippen LogP contribution in [0.15, 0.2) is 70.0 Å². The van der Waals surface area contributed by atoms with Gasteiger partial charge < -0.3 is 5.32 Å². The van der Waals surface area contributed by atoms with E-state index in [1.807, 2.05) is 31.2 Å². The Labute approximate surface area is 161 Å². The normalized spacial score (nSPS) is 10.5. The van der Waals surface area contributed by atoms with Gasteiger partial charge in [-0.25, -0.2) is 0 Å². The molecule has 134 valence electrons. The number of nitrogens with one attached hydrogen (secondary N) is 2. The van der Waals surface area contributed by atoms with Crippen LogP contribution in [0.5, 0.6) is 0 Å². The average Bonchev–Trinajstić information content (AvgIpc) is 2.62. The van der Waals surface area contributed by atoms with E-state index in [0.29, 0.717) is 22.1 Å². The van der Waals surface area contributed by atoms with Crippen LogP contribution >= 0.6 is 24.0 Å². The van der Waals surface area contributed by atoms with Gasteiger partial charge in [0.05, 0.1) is 16.0 Å². The third-order valence-electron chi connectivity index (χ3n) is 3.22. The van der Waals surface area contributed by atoms with Crippen LogP contribution in [0.2, 0.25) is 0 Å². The fourth-order valence-corrected chi connectivity index (χ4v) is 2.98. The summed E-state index contributed by atoms with van der Waals surface area (Å²) in [4.78, 5) is 12.5. The van der Waals surface area contributed by atoms with E-state index >= 15 is 0 Å². The number of nitro benzene ring substituents is 1. The van der Waals surface area contributed by atoms with Gasteiger partial charge in [0.25, 0.3) is 5.69 Å². The molecule has 0 fully saturated rings. The monoisotopic (exact) mass is 386 g/mol. The molecule has 0 saturated heterocycles. The molecule has 0 unspecified atom stereocenters. The lowest BCUT2D eigenvalue weighted by molar-refractivity contribution is -0.387. The molecule has 2 aromatic carbocycles. The molecule has 0 amide bonds. The highest BCUT2D eigenvalue weighted by atomic mass is 32.2. The van der Waals surface area contributed by atoms with Crippen molar-refractivity contribution in [2.75, 3.05) is 6.54 Å². The number of rotatable bonds is 7. The van der Waals surface area contributed by atoms with Gasteiger partial charge in [-0.15, -0.1) is 6.58 Å². The van der Waals surface area contributed by atoms with Crippen molar-refractivity contribution in [3.8, 4) is 0 Å². The van der Waals surface area contributed by atoms with E-state index in [-0.39, 0.29) is 5.69 Å². The second-order valence-corrected chi connectivity index (χ2v) is 6.79. The zero-order chi connectivity index (χ0) is 18.9. The summed E-state index contributed by atoms with van der Waals surface area (Å²) in [6.45, 7) is 6.10. The van der Waals surface area contributed by atoms with Crippen molar-refractivity contribution in [1.29, 1.82) is 0 Å². The van der Waals surface area contributed by atoms with Gasteiger partial charge in [-0.3, -0.25) is 15.5 Å². The number of thiocarbonyl (C=S) groups is 1. The third kappa shape index (κ3) is 5.98. The highest BCUT2D eigenvalue weighted by molar-refractivity contribution is 7.99. The third-order valence-corrected chi connectivity index (χ3v) is 4.52. The van der Waals surface area contributed by atoms with Gasteiger partial charge in [0, 0.05) is 23.1 Å². The molecule has 0 aliphatic rings. The molecule has 0 radical (unpaired) electrons. The van der Waals surface area contributed by atoms with Crippen LogP contribution < -0.4 is 10.7 Å². The van der Waals surface area contributed by atoms with Gasteiger partial charge in [0.2, 0.25) is 0 Å². The van der Waals surface area contributed by atoms with Crippen LogP contribution in [0.3, 0.4) is 0 Å². The Morgan fingerprint density at radius 2 is 2.08 bits per heavy atom. The van der Waals surface area contributed by atoms with E-state index in [0.717, 1.165) is 10.5 Å². The Bertz CT molecular complexity index is 836. The van der Waals surface area contributed by atoms with Crippen molar-refractivity contribution in [2.45, 2.75) is 16.7 Å². The Morgan fingerprint density at radius 1 is 1.35 bits per heavy atom. The number of nitro groups is 1. The van der Waals surface area contributed by atoms with E-state index < -0.39 is 4.92 Å². The first-order valence-electron chi connectivity index (χ1n) is 7.70. The van der Waals surface area contributed by atoms with Crippen LogP contribution in [0.4, 0.5) is 5.69 Å². The van der Waals surface area contributed by atoms with Crippen LogP contribution in [0.25, 0.3) is 0 Å². The lowest BCUT2D eigenvalue weighted by atomic mass is 10.2. The minimum Gasteiger partial charge on any atom is -0.358 e. The molecule has 0 aromatic heterocycles. The molecule has 0 atom stereocenters. The Balaban J connectivity index is 2.12. The number of nitrogens with zero attached hydrogens (tertiary/aromatic N) is 2. The molecule has 0 aliphatic carbocycles. The summed E-state index contributed by atoms with van der Waals surface area (Å²) in [5.74, 6) is 0. The Kier molecular flexibility index (Phi) is 7.31. The lowest BCUT2D eigenvalue weighted by Gasteiger charge is -2.05. The summed E-state index contributed by atoms with van der Waals surface area (Å²) >= 11 is 6.37. The molecule has 8 heteroatoms. The van der Waals surface area contributed by atoms with Crippen LogP contribution in [-0.4, -0.2) is 22.8 Å². The summed E-state index contributed by atoms with van der Waals surface area (Å²) < 4.78 is 0. The van der Waals surface area contributed by atoms with Crippen LogP contribution in [0, 0.1) is 17.0 Å². The zero-order valence-electron chi connectivity index (χ0n) is 14.1. The fraction of sp³-hybridized carbons (Fsp3) is 0.111. The van der Waals surface area contributed by atoms with Crippen molar-refractivity contribution in [2.24, 2.45) is 5.10 Å². The molecular formula is C18H18N4O2S2. The molecule has 0 aliphatic heterocycles. The van der Waals surface area contributed by atoms with Gasteiger partial charge >= 0.3 is 0 Å². The summed E-state index contributed by atoms with van der Waals surface area (Å²) in [6, 6.07) is 12.8. The summed E-state index contributed by atoms with van der Waals surface area (Å²) in [5.41, 5.74) is 4.42. The molecule has 2 rings (SSSR count). The van der Waals surface area contributed by atoms with E-state index in [2.05, 4.69) is 22.4 Å². The Hall–Kier alpha value is -2.71. The standard InChI is InChI=1S/C18H18N4O2S2/c1-3-10-19-18(25)21-20-12-14-6-9-17(16(11-14)22(23)24)26-15-7-4-13(2)5-8-15/h3-9,11-12H,1,10H2,2H3,(H2,19,21,25)/b20-12-. The minimum atomic E-state index is -0.391. The van der Waals surface area contributed by atoms with Crippen LogP contribution in [0.1, 0.15) is 11.1 Å². The van der Waals surface area contributed by atoms with E-state index in [1.54, 1.807) is 18.2 Å². The number of hydrogen-bond donors (Lipinski definition) is 2. The van der Waals surface area contributed by atoms with Gasteiger partial charge in [0.1, 0.15) is 0 Å². The summed E-state index contributed by atoms with van der Waals surface area (Å²) in [6.07, 6.45) is 3.15. The minimum absolute atomic E-state index is 0.0342. The summed E-state index contributed by atoms with van der Waals surface area (Å²) in [7, 11) is 0. The topological polar surface area (TPSA) is 79.6 Å². The SMILES string of the molecule is C=CCNC(=S)N/N=C\c1ccc(Sc2ccc(C)cc2)c([N+](=O)[O-])c1. The van der Waals surface area contributed by atoms with E-state index in [1.165, 1.54) is 24.0 Å². The highest BCUT2D eigenvalue weighted by Gasteiger charge is 2.15. The van der Waals surface area contributed by atoms with Gasteiger partial charge in [-0.05, 0) is 37.3 Å². The molecule has 2 aromatic rings. The maximum Gasteiger partial charge on any atom is 0.283 e. The maximum atomic E-state index is 11.4. The predicted molar refractivity (Wildman–Crippen MR) is 110 cm³/mol. The largest absolute Gasteiger partial charge is 0.358 e. The smallest absolute Gasteiger partial charge is 0.283 e. The predicted octanol–water partition coefficient (Wildman–Crippen LogP) is 4.04. The zero-order valence-corrected chi connectivity index (χ0v) is 15.8. The maximum absolute atomic E-state index is 11.4. The van der Waals surface area contributed by atoms with E-state index in [9.17, 15) is 10.1 Å². The van der Waals surface area contributed by atoms with Gasteiger partial charge in [-0.2, -0.15) is 5.10 Å². The van der Waals surface area contributed by atoms with Crippen molar-refractivity contribution >= 4 is 41.0 Å². The number of hydrogen-bond acceptors (Lipinski definition) is 5. The quantitative estimate of drug-likeness (QED) is 0.246. The summed E-state index contributed by atoms with van der Waals surface area (Å²) in [5, 5.41) is 18.6. The molecular weight excluding hydrogens is 368 g/mol. The second-order valence-electron chi connectivity index (χ2n) is 5.27. The first-order chi connectivity index (χ1) is 12.5. The highest BCUT2D eigenvalue weighted by Crippen LogP contribution is 2.35. The molecule has 0 bridgehead atoms. The molecule has 6 nitrogen and oxygen atoms in total. The van der Waals surface area contributed by atoms with Gasteiger partial charge in [-0.1, -0.05) is 41.6 Å². The number of hydrazone groups is 1. The molecule has 2 N–H and O–H groups in total. The Morgan fingerprint density at radius 3 is 2.73 bits per heavy atom. The van der Waals surface area contributed by atoms with Crippen molar-refractivity contribution in [3.05, 3.63) is 76.4 Å². The van der Waals surface area contributed by atoms with Crippen molar-refractivity contribution in [3.63, 3.8) is 0 Å². The lowest BCUT2D eigenvalue weighted by Crippen LogP contribution is -2.31. The second kappa shape index (κ2) is 9.69. The molecule has 26 heavy (non-hydrogen) atoms. The average molecular weight is 387 g/mol. The number of aryl methyl sites for hydroxylation is 1.